The van der Waals surface area contributed by atoms with E-state index in [1.807, 2.05) is 25.1 Å². The molecule has 0 spiro atoms. The highest BCUT2D eigenvalue weighted by molar-refractivity contribution is 5.39. The first-order valence-corrected chi connectivity index (χ1v) is 6.17. The Morgan fingerprint density at radius 3 is 2.65 bits per heavy atom. The molecule has 96 valence electrons. The summed E-state index contributed by atoms with van der Waals surface area (Å²) in [5.41, 5.74) is 1.76. The summed E-state index contributed by atoms with van der Waals surface area (Å²) in [4.78, 5) is 0. The molecule has 0 saturated carbocycles. The van der Waals surface area contributed by atoms with Gasteiger partial charge in [0.25, 0.3) is 0 Å². The highest BCUT2D eigenvalue weighted by Gasteiger charge is 2.07. The number of para-hydroxylation sites is 1. The Labute approximate surface area is 103 Å². The third kappa shape index (κ3) is 4.75. The van der Waals surface area contributed by atoms with Crippen molar-refractivity contribution in [2.45, 2.75) is 39.8 Å². The molecule has 0 amide bonds. The van der Waals surface area contributed by atoms with E-state index in [0.717, 1.165) is 17.5 Å². The SMILES string of the molecule is Cc1cccc(CNCC(O)CC(C)C)c1O. The maximum Gasteiger partial charge on any atom is 0.122 e. The van der Waals surface area contributed by atoms with Crippen molar-refractivity contribution < 1.29 is 10.2 Å². The molecule has 0 saturated heterocycles. The summed E-state index contributed by atoms with van der Waals surface area (Å²) in [5.74, 6) is 0.845. The normalized spacial score (nSPS) is 13.0. The highest BCUT2D eigenvalue weighted by atomic mass is 16.3. The molecule has 0 aliphatic rings. The zero-order valence-corrected chi connectivity index (χ0v) is 10.9. The first-order valence-electron chi connectivity index (χ1n) is 6.17. The van der Waals surface area contributed by atoms with Crippen LogP contribution in [-0.4, -0.2) is 22.9 Å². The third-order valence-electron chi connectivity index (χ3n) is 2.76. The van der Waals surface area contributed by atoms with Gasteiger partial charge in [-0.25, -0.2) is 0 Å². The minimum Gasteiger partial charge on any atom is -0.507 e. The predicted octanol–water partition coefficient (Wildman–Crippen LogP) is 2.20. The number of aromatic hydroxyl groups is 1. The number of aryl methyl sites for hydroxylation is 1. The number of phenolic OH excluding ortho intramolecular Hbond substituents is 1. The van der Waals surface area contributed by atoms with Gasteiger partial charge in [-0.3, -0.25) is 0 Å². The molecule has 0 aromatic heterocycles. The fourth-order valence-electron chi connectivity index (χ4n) is 1.86. The van der Waals surface area contributed by atoms with Crippen molar-refractivity contribution in [3.05, 3.63) is 29.3 Å². The Morgan fingerprint density at radius 1 is 1.29 bits per heavy atom. The van der Waals surface area contributed by atoms with E-state index in [0.29, 0.717) is 24.8 Å². The maximum atomic E-state index is 9.81. The van der Waals surface area contributed by atoms with E-state index in [-0.39, 0.29) is 6.10 Å². The fourth-order valence-corrected chi connectivity index (χ4v) is 1.86. The maximum absolute atomic E-state index is 9.81. The molecule has 1 unspecified atom stereocenters. The van der Waals surface area contributed by atoms with Gasteiger partial charge in [-0.15, -0.1) is 0 Å². The molecule has 17 heavy (non-hydrogen) atoms. The van der Waals surface area contributed by atoms with Crippen LogP contribution in [0, 0.1) is 12.8 Å². The monoisotopic (exact) mass is 237 g/mol. The standard InChI is InChI=1S/C14H23NO2/c1-10(2)7-13(16)9-15-8-12-6-4-5-11(3)14(12)17/h4-6,10,13,15-17H,7-9H2,1-3H3. The van der Waals surface area contributed by atoms with Gasteiger partial charge in [0.2, 0.25) is 0 Å². The Hall–Kier alpha value is -1.06. The van der Waals surface area contributed by atoms with Crippen molar-refractivity contribution in [2.75, 3.05) is 6.54 Å². The summed E-state index contributed by atoms with van der Waals surface area (Å²) in [7, 11) is 0. The lowest BCUT2D eigenvalue weighted by atomic mass is 10.1. The lowest BCUT2D eigenvalue weighted by molar-refractivity contribution is 0.146. The van der Waals surface area contributed by atoms with Crippen LogP contribution in [0.25, 0.3) is 0 Å². The fraction of sp³-hybridized carbons (Fsp3) is 0.571. The minimum atomic E-state index is -0.318. The van der Waals surface area contributed by atoms with E-state index in [9.17, 15) is 10.2 Å². The molecule has 0 fully saturated rings. The lowest BCUT2D eigenvalue weighted by Gasteiger charge is -2.14. The molecule has 3 N–H and O–H groups in total. The predicted molar refractivity (Wildman–Crippen MR) is 70.0 cm³/mol. The van der Waals surface area contributed by atoms with E-state index >= 15 is 0 Å². The number of nitrogens with one attached hydrogen (secondary N) is 1. The smallest absolute Gasteiger partial charge is 0.122 e. The molecule has 0 bridgehead atoms. The molecule has 0 aliphatic carbocycles. The van der Waals surface area contributed by atoms with Gasteiger partial charge in [0.15, 0.2) is 0 Å². The molecule has 1 aromatic carbocycles. The van der Waals surface area contributed by atoms with Gasteiger partial charge in [-0.1, -0.05) is 32.0 Å². The molecule has 1 aromatic rings. The third-order valence-corrected chi connectivity index (χ3v) is 2.76. The second-order valence-corrected chi connectivity index (χ2v) is 5.00. The van der Waals surface area contributed by atoms with Gasteiger partial charge >= 0.3 is 0 Å². The first kappa shape index (κ1) is 14.0. The molecular formula is C14H23NO2. The Bertz CT molecular complexity index is 350. The molecule has 3 nitrogen and oxygen atoms in total. The average molecular weight is 237 g/mol. The molecule has 1 atom stereocenters. The Balaban J connectivity index is 2.38. The summed E-state index contributed by atoms with van der Waals surface area (Å²) in [6, 6.07) is 5.70. The van der Waals surface area contributed by atoms with Crippen molar-refractivity contribution in [1.29, 1.82) is 0 Å². The lowest BCUT2D eigenvalue weighted by Crippen LogP contribution is -2.27. The van der Waals surface area contributed by atoms with Crippen LogP contribution < -0.4 is 5.32 Å². The summed E-state index contributed by atoms with van der Waals surface area (Å²) >= 11 is 0. The molecule has 0 aliphatic heterocycles. The molecule has 3 heteroatoms. The molecule has 0 radical (unpaired) electrons. The average Bonchev–Trinajstić information content (AvgIpc) is 2.23. The van der Waals surface area contributed by atoms with Gasteiger partial charge in [-0.2, -0.15) is 0 Å². The van der Waals surface area contributed by atoms with Gasteiger partial charge in [-0.05, 0) is 24.8 Å². The zero-order chi connectivity index (χ0) is 12.8. The second kappa shape index (κ2) is 6.62. The van der Waals surface area contributed by atoms with E-state index in [4.69, 9.17) is 0 Å². The Kier molecular flexibility index (Phi) is 5.45. The van der Waals surface area contributed by atoms with Crippen LogP contribution in [0.1, 0.15) is 31.4 Å². The summed E-state index contributed by atoms with van der Waals surface area (Å²) in [6.07, 6.45) is 0.481. The minimum absolute atomic E-state index is 0.318. The summed E-state index contributed by atoms with van der Waals surface area (Å²) in [5, 5.41) is 22.7. The number of benzene rings is 1. The summed E-state index contributed by atoms with van der Waals surface area (Å²) < 4.78 is 0. The largest absolute Gasteiger partial charge is 0.507 e. The van der Waals surface area contributed by atoms with Crippen LogP contribution in [0.5, 0.6) is 5.75 Å². The van der Waals surface area contributed by atoms with Crippen LogP contribution in [0.3, 0.4) is 0 Å². The highest BCUT2D eigenvalue weighted by Crippen LogP contribution is 2.20. The molecule has 0 heterocycles. The first-order chi connectivity index (χ1) is 8.00. The van der Waals surface area contributed by atoms with E-state index in [1.54, 1.807) is 0 Å². The number of hydrogen-bond acceptors (Lipinski definition) is 3. The van der Waals surface area contributed by atoms with Gasteiger partial charge in [0.05, 0.1) is 6.10 Å². The van der Waals surface area contributed by atoms with E-state index in [2.05, 4.69) is 19.2 Å². The quantitative estimate of drug-likeness (QED) is 0.711. The van der Waals surface area contributed by atoms with Gasteiger partial charge < -0.3 is 15.5 Å². The van der Waals surface area contributed by atoms with Crippen molar-refractivity contribution in [3.63, 3.8) is 0 Å². The van der Waals surface area contributed by atoms with Crippen molar-refractivity contribution in [3.8, 4) is 5.75 Å². The van der Waals surface area contributed by atoms with E-state index in [1.165, 1.54) is 0 Å². The van der Waals surface area contributed by atoms with E-state index < -0.39 is 0 Å². The topological polar surface area (TPSA) is 52.5 Å². The van der Waals surface area contributed by atoms with Gasteiger partial charge in [0.1, 0.15) is 5.75 Å². The van der Waals surface area contributed by atoms with Crippen molar-refractivity contribution >= 4 is 0 Å². The van der Waals surface area contributed by atoms with Gasteiger partial charge in [0, 0.05) is 18.7 Å². The van der Waals surface area contributed by atoms with Crippen LogP contribution in [-0.2, 0) is 6.54 Å². The Morgan fingerprint density at radius 2 is 2.00 bits per heavy atom. The number of aliphatic hydroxyl groups is 1. The van der Waals surface area contributed by atoms with Crippen LogP contribution in [0.2, 0.25) is 0 Å². The molecule has 1 rings (SSSR count). The zero-order valence-electron chi connectivity index (χ0n) is 10.9. The van der Waals surface area contributed by atoms with Crippen LogP contribution in [0.4, 0.5) is 0 Å². The summed E-state index contributed by atoms with van der Waals surface area (Å²) in [6.45, 7) is 7.21. The number of rotatable bonds is 6. The number of hydrogen-bond donors (Lipinski definition) is 3. The number of phenols is 1. The number of aliphatic hydroxyl groups excluding tert-OH is 1. The van der Waals surface area contributed by atoms with Crippen LogP contribution >= 0.6 is 0 Å². The second-order valence-electron chi connectivity index (χ2n) is 5.00. The van der Waals surface area contributed by atoms with Crippen molar-refractivity contribution in [1.82, 2.24) is 5.32 Å². The molecular weight excluding hydrogens is 214 g/mol. The van der Waals surface area contributed by atoms with Crippen LogP contribution in [0.15, 0.2) is 18.2 Å². The van der Waals surface area contributed by atoms with Crippen molar-refractivity contribution in [2.24, 2.45) is 5.92 Å².